The predicted molar refractivity (Wildman–Crippen MR) is 117 cm³/mol. The van der Waals surface area contributed by atoms with Gasteiger partial charge in [0.2, 0.25) is 5.91 Å². The van der Waals surface area contributed by atoms with Gasteiger partial charge in [0, 0.05) is 36.3 Å². The Hall–Kier alpha value is -4.05. The van der Waals surface area contributed by atoms with Crippen molar-refractivity contribution in [1.29, 1.82) is 0 Å². The van der Waals surface area contributed by atoms with E-state index in [0.29, 0.717) is 17.9 Å². The molecule has 3 aromatic rings. The van der Waals surface area contributed by atoms with Gasteiger partial charge in [-0.05, 0) is 43.1 Å². The predicted octanol–water partition coefficient (Wildman–Crippen LogP) is 2.48. The number of anilines is 1. The lowest BCUT2D eigenvalue weighted by atomic mass is 10.1. The lowest BCUT2D eigenvalue weighted by Crippen LogP contribution is -2.39. The van der Waals surface area contributed by atoms with Crippen molar-refractivity contribution in [3.8, 4) is 5.69 Å². The number of nitrogens with one attached hydrogen (secondary N) is 1. The number of aromatic nitrogens is 2. The first kappa shape index (κ1) is 21.2. The molecule has 1 aliphatic rings. The fourth-order valence-corrected chi connectivity index (χ4v) is 3.96. The number of para-hydroxylation sites is 1. The molecule has 1 aliphatic heterocycles. The van der Waals surface area contributed by atoms with Gasteiger partial charge in [0.25, 0.3) is 11.6 Å². The molecule has 1 saturated heterocycles. The molecule has 0 unspecified atom stereocenters. The number of hydrogen-bond donors (Lipinski definition) is 2. The summed E-state index contributed by atoms with van der Waals surface area (Å²) in [6.45, 7) is 1.21. The molecule has 2 aromatic carbocycles. The van der Waals surface area contributed by atoms with Crippen molar-refractivity contribution in [2.45, 2.75) is 25.4 Å². The number of primary amides is 1. The molecule has 4 rings (SSSR count). The maximum Gasteiger partial charge on any atom is 0.294 e. The molecule has 1 atom stereocenters. The highest BCUT2D eigenvalue weighted by Crippen LogP contribution is 2.27. The quantitative estimate of drug-likeness (QED) is 0.433. The molecule has 0 radical (unpaired) electrons. The Labute approximate surface area is 183 Å². The number of nitrogens with zero attached hydrogens (tertiary/aromatic N) is 4. The molecule has 0 spiro atoms. The van der Waals surface area contributed by atoms with Gasteiger partial charge in [0.05, 0.1) is 17.3 Å². The minimum atomic E-state index is -0.530. The fraction of sp³-hybridized carbons (Fsp3) is 0.227. The third kappa shape index (κ3) is 4.35. The minimum absolute atomic E-state index is 0.159. The van der Waals surface area contributed by atoms with E-state index in [1.54, 1.807) is 18.3 Å². The Balaban J connectivity index is 1.57. The summed E-state index contributed by atoms with van der Waals surface area (Å²) in [4.78, 5) is 41.6. The van der Waals surface area contributed by atoms with Gasteiger partial charge in [0.15, 0.2) is 0 Å². The number of rotatable bonds is 7. The first-order valence-corrected chi connectivity index (χ1v) is 10.1. The maximum atomic E-state index is 12.9. The van der Waals surface area contributed by atoms with E-state index < -0.39 is 10.8 Å². The molecule has 164 valence electrons. The van der Waals surface area contributed by atoms with Gasteiger partial charge in [-0.3, -0.25) is 24.6 Å². The summed E-state index contributed by atoms with van der Waals surface area (Å²) in [5.41, 5.74) is 7.19. The second-order valence-corrected chi connectivity index (χ2v) is 7.57. The Morgan fingerprint density at radius 2 is 2.06 bits per heavy atom. The van der Waals surface area contributed by atoms with Crippen LogP contribution < -0.4 is 11.1 Å². The Bertz CT molecular complexity index is 1160. The zero-order valence-corrected chi connectivity index (χ0v) is 17.2. The lowest BCUT2D eigenvalue weighted by Gasteiger charge is -2.23. The number of amides is 2. The van der Waals surface area contributed by atoms with Crippen LogP contribution in [0.3, 0.4) is 0 Å². The second kappa shape index (κ2) is 8.98. The number of benzene rings is 2. The van der Waals surface area contributed by atoms with Crippen LogP contribution in [-0.2, 0) is 11.3 Å². The molecule has 10 nitrogen and oxygen atoms in total. The van der Waals surface area contributed by atoms with E-state index in [4.69, 9.17) is 5.73 Å². The van der Waals surface area contributed by atoms with E-state index in [9.17, 15) is 19.7 Å². The fourth-order valence-electron chi connectivity index (χ4n) is 3.96. The second-order valence-electron chi connectivity index (χ2n) is 7.57. The van der Waals surface area contributed by atoms with Crippen molar-refractivity contribution in [2.75, 3.05) is 11.9 Å². The van der Waals surface area contributed by atoms with Crippen molar-refractivity contribution in [1.82, 2.24) is 14.5 Å². The monoisotopic (exact) mass is 434 g/mol. The van der Waals surface area contributed by atoms with E-state index in [1.165, 1.54) is 35.3 Å². The normalized spacial score (nSPS) is 16.1. The molecular formula is C22H22N6O4. The van der Waals surface area contributed by atoms with E-state index >= 15 is 0 Å². The molecule has 0 bridgehead atoms. The number of imidazole rings is 1. The van der Waals surface area contributed by atoms with E-state index in [0.717, 1.165) is 24.9 Å². The average Bonchev–Trinajstić information content (AvgIpc) is 3.47. The van der Waals surface area contributed by atoms with Gasteiger partial charge >= 0.3 is 0 Å². The molecule has 32 heavy (non-hydrogen) atoms. The molecule has 2 amide bonds. The summed E-state index contributed by atoms with van der Waals surface area (Å²) in [6, 6.07) is 11.2. The highest BCUT2D eigenvalue weighted by molar-refractivity contribution is 6.05. The molecule has 0 aliphatic carbocycles. The van der Waals surface area contributed by atoms with Crippen molar-refractivity contribution in [3.05, 3.63) is 82.4 Å². The minimum Gasteiger partial charge on any atom is -0.368 e. The SMILES string of the molecule is NC(=O)[C@H]1CCCN1Cc1ccccc1NC(=O)c1ccc(-n2ccnc2)c([N+](=O)[O-])c1. The summed E-state index contributed by atoms with van der Waals surface area (Å²) >= 11 is 0. The van der Waals surface area contributed by atoms with Gasteiger partial charge in [-0.2, -0.15) is 0 Å². The van der Waals surface area contributed by atoms with Gasteiger partial charge in [-0.15, -0.1) is 0 Å². The van der Waals surface area contributed by atoms with Gasteiger partial charge in [-0.25, -0.2) is 4.98 Å². The van der Waals surface area contributed by atoms with Crippen LogP contribution in [0.25, 0.3) is 5.69 Å². The molecule has 10 heteroatoms. The van der Waals surface area contributed by atoms with Crippen molar-refractivity contribution >= 4 is 23.2 Å². The smallest absolute Gasteiger partial charge is 0.294 e. The van der Waals surface area contributed by atoms with Crippen molar-refractivity contribution in [3.63, 3.8) is 0 Å². The van der Waals surface area contributed by atoms with E-state index in [1.807, 2.05) is 17.0 Å². The summed E-state index contributed by atoms with van der Waals surface area (Å²) < 4.78 is 1.51. The van der Waals surface area contributed by atoms with Crippen LogP contribution in [0.2, 0.25) is 0 Å². The average molecular weight is 434 g/mol. The summed E-state index contributed by atoms with van der Waals surface area (Å²) in [5, 5.41) is 14.4. The summed E-state index contributed by atoms with van der Waals surface area (Å²) in [6.07, 6.45) is 6.17. The lowest BCUT2D eigenvalue weighted by molar-refractivity contribution is -0.384. The molecular weight excluding hydrogens is 412 g/mol. The third-order valence-corrected chi connectivity index (χ3v) is 5.55. The molecule has 1 fully saturated rings. The van der Waals surface area contributed by atoms with Crippen LogP contribution in [-0.4, -0.2) is 43.8 Å². The van der Waals surface area contributed by atoms with Gasteiger partial charge in [-0.1, -0.05) is 18.2 Å². The van der Waals surface area contributed by atoms with Crippen LogP contribution in [0.4, 0.5) is 11.4 Å². The maximum absolute atomic E-state index is 12.9. The molecule has 3 N–H and O–H groups in total. The zero-order valence-electron chi connectivity index (χ0n) is 17.2. The van der Waals surface area contributed by atoms with Crippen molar-refractivity contribution < 1.29 is 14.5 Å². The highest BCUT2D eigenvalue weighted by atomic mass is 16.6. The topological polar surface area (TPSA) is 136 Å². The number of nitro benzene ring substituents is 1. The first-order chi connectivity index (χ1) is 15.4. The van der Waals surface area contributed by atoms with Crippen LogP contribution in [0, 0.1) is 10.1 Å². The summed E-state index contributed by atoms with van der Waals surface area (Å²) in [5.74, 6) is -0.820. The Morgan fingerprint density at radius 3 is 2.78 bits per heavy atom. The molecule has 0 saturated carbocycles. The van der Waals surface area contributed by atoms with Crippen LogP contribution in [0.15, 0.2) is 61.2 Å². The Kier molecular flexibility index (Phi) is 5.95. The van der Waals surface area contributed by atoms with Crippen molar-refractivity contribution in [2.24, 2.45) is 5.73 Å². The Morgan fingerprint density at radius 1 is 1.25 bits per heavy atom. The number of carbonyl (C=O) groups excluding carboxylic acids is 2. The zero-order chi connectivity index (χ0) is 22.7. The van der Waals surface area contributed by atoms with E-state index in [-0.39, 0.29) is 23.2 Å². The van der Waals surface area contributed by atoms with Gasteiger partial charge in [0.1, 0.15) is 5.69 Å². The van der Waals surface area contributed by atoms with Crippen LogP contribution >= 0.6 is 0 Å². The highest BCUT2D eigenvalue weighted by Gasteiger charge is 2.29. The standard InChI is InChI=1S/C22H22N6O4/c23-21(29)19-6-3-10-26(19)13-16-4-1-2-5-17(16)25-22(30)15-7-8-18(20(12-15)28(31)32)27-11-9-24-14-27/h1-2,4-5,7-9,11-12,14,19H,3,6,10,13H2,(H2,23,29)(H,25,30)/t19-/m1/s1. The van der Waals surface area contributed by atoms with Crippen LogP contribution in [0.1, 0.15) is 28.8 Å². The van der Waals surface area contributed by atoms with E-state index in [2.05, 4.69) is 10.3 Å². The third-order valence-electron chi connectivity index (χ3n) is 5.55. The number of nitrogens with two attached hydrogens (primary N) is 1. The van der Waals surface area contributed by atoms with Gasteiger partial charge < -0.3 is 15.6 Å². The first-order valence-electron chi connectivity index (χ1n) is 10.1. The number of hydrogen-bond acceptors (Lipinski definition) is 6. The number of nitro groups is 1. The summed E-state index contributed by atoms with van der Waals surface area (Å²) in [7, 11) is 0. The largest absolute Gasteiger partial charge is 0.368 e. The molecule has 2 heterocycles. The van der Waals surface area contributed by atoms with Crippen LogP contribution in [0.5, 0.6) is 0 Å². The molecule has 1 aromatic heterocycles. The number of likely N-dealkylation sites (tertiary alicyclic amines) is 1. The number of carbonyl (C=O) groups is 2.